The fourth-order valence-corrected chi connectivity index (χ4v) is 3.37. The molecule has 0 saturated carbocycles. The van der Waals surface area contributed by atoms with Gasteiger partial charge in [-0.1, -0.05) is 44.7 Å². The first-order valence-corrected chi connectivity index (χ1v) is 10.6. The molecule has 0 atom stereocenters. The van der Waals surface area contributed by atoms with Gasteiger partial charge in [0.2, 0.25) is 5.91 Å². The van der Waals surface area contributed by atoms with Crippen LogP contribution in [0.2, 0.25) is 0 Å². The number of amides is 1. The third kappa shape index (κ3) is 5.50. The molecule has 5 nitrogen and oxygen atoms in total. The van der Waals surface area contributed by atoms with E-state index in [1.165, 1.54) is 5.56 Å². The van der Waals surface area contributed by atoms with E-state index in [0.717, 1.165) is 35.6 Å². The summed E-state index contributed by atoms with van der Waals surface area (Å²) in [5, 5.41) is 2.89. The van der Waals surface area contributed by atoms with E-state index in [1.54, 1.807) is 6.92 Å². The molecule has 0 aliphatic carbocycles. The minimum Gasteiger partial charge on any atom is -0.494 e. The average Bonchev–Trinajstić information content (AvgIpc) is 3.08. The Morgan fingerprint density at radius 3 is 2.60 bits per heavy atom. The Balaban J connectivity index is 1.60. The number of rotatable bonds is 10. The number of fused-ring (bicyclic) bond motifs is 1. The lowest BCUT2D eigenvalue weighted by Gasteiger charge is -2.12. The number of carbonyl (C=O) groups is 1. The monoisotopic (exact) mass is 405 g/mol. The van der Waals surface area contributed by atoms with Gasteiger partial charge in [0, 0.05) is 25.1 Å². The zero-order valence-electron chi connectivity index (χ0n) is 18.1. The summed E-state index contributed by atoms with van der Waals surface area (Å²) in [5.41, 5.74) is 3.92. The molecule has 0 bridgehead atoms. The molecule has 2 aromatic carbocycles. The topological polar surface area (TPSA) is 56.2 Å². The summed E-state index contributed by atoms with van der Waals surface area (Å²) in [4.78, 5) is 16.5. The van der Waals surface area contributed by atoms with Crippen LogP contribution in [0.1, 0.15) is 44.5 Å². The van der Waals surface area contributed by atoms with Crippen molar-refractivity contribution in [3.63, 3.8) is 0 Å². The molecule has 1 amide bonds. The van der Waals surface area contributed by atoms with Gasteiger partial charge >= 0.3 is 0 Å². The highest BCUT2D eigenvalue weighted by Crippen LogP contribution is 2.20. The first kappa shape index (κ1) is 21.6. The number of benzene rings is 2. The van der Waals surface area contributed by atoms with E-state index in [2.05, 4.69) is 48.5 Å². The summed E-state index contributed by atoms with van der Waals surface area (Å²) >= 11 is 0. The largest absolute Gasteiger partial charge is 0.494 e. The minimum atomic E-state index is -0.116. The van der Waals surface area contributed by atoms with Crippen LogP contribution < -0.4 is 10.1 Å². The van der Waals surface area contributed by atoms with E-state index < -0.39 is 0 Å². The van der Waals surface area contributed by atoms with E-state index >= 15 is 0 Å². The lowest BCUT2D eigenvalue weighted by atomic mass is 10.0. The van der Waals surface area contributed by atoms with Crippen LogP contribution in [-0.2, 0) is 17.8 Å². The molecule has 1 aromatic heterocycles. The lowest BCUT2D eigenvalue weighted by Crippen LogP contribution is -2.26. The van der Waals surface area contributed by atoms with Crippen LogP contribution in [0.15, 0.2) is 60.7 Å². The lowest BCUT2D eigenvalue weighted by molar-refractivity contribution is -0.117. The summed E-state index contributed by atoms with van der Waals surface area (Å²) in [5.74, 6) is 2.28. The molecule has 1 heterocycles. The number of ether oxygens (including phenoxy) is 1. The maximum atomic E-state index is 11.7. The molecule has 0 spiro atoms. The van der Waals surface area contributed by atoms with Crippen LogP contribution in [0.4, 0.5) is 0 Å². The van der Waals surface area contributed by atoms with E-state index in [0.29, 0.717) is 31.1 Å². The van der Waals surface area contributed by atoms with E-state index in [1.807, 2.05) is 30.3 Å². The van der Waals surface area contributed by atoms with Gasteiger partial charge in [-0.15, -0.1) is 0 Å². The predicted octanol–water partition coefficient (Wildman–Crippen LogP) is 4.86. The Hall–Kier alpha value is -3.08. The fourth-order valence-electron chi connectivity index (χ4n) is 3.37. The smallest absolute Gasteiger partial charge is 0.246 e. The molecule has 0 saturated heterocycles. The van der Waals surface area contributed by atoms with Crippen molar-refractivity contribution in [2.24, 2.45) is 0 Å². The molecule has 30 heavy (non-hydrogen) atoms. The maximum absolute atomic E-state index is 11.7. The molecular formula is C25H31N3O2. The van der Waals surface area contributed by atoms with Gasteiger partial charge in [-0.25, -0.2) is 4.98 Å². The van der Waals surface area contributed by atoms with Crippen LogP contribution >= 0.6 is 0 Å². The van der Waals surface area contributed by atoms with Gasteiger partial charge < -0.3 is 14.6 Å². The standard InChI is InChI=1S/C25H31N3O2/c1-18(2)20-10-12-21(13-11-20)30-17-7-16-28-23-9-6-5-8-22(23)27-24(28)14-15-26-25(29)19(3)4/h5-6,8-13,18H,3,7,14-17H2,1-2,4H3,(H,26,29). The van der Waals surface area contributed by atoms with Gasteiger partial charge in [0.05, 0.1) is 17.6 Å². The van der Waals surface area contributed by atoms with E-state index in [4.69, 9.17) is 9.72 Å². The number of aryl methyl sites for hydroxylation is 1. The Bertz CT molecular complexity index is 1000. The van der Waals surface area contributed by atoms with Crippen LogP contribution in [0.25, 0.3) is 11.0 Å². The molecule has 0 radical (unpaired) electrons. The number of nitrogens with zero attached hydrogens (tertiary/aromatic N) is 2. The summed E-state index contributed by atoms with van der Waals surface area (Å²) in [6.45, 7) is 11.7. The van der Waals surface area contributed by atoms with Gasteiger partial charge in [-0.2, -0.15) is 0 Å². The molecule has 1 N–H and O–H groups in total. The third-order valence-corrected chi connectivity index (χ3v) is 5.10. The first-order valence-electron chi connectivity index (χ1n) is 10.6. The summed E-state index contributed by atoms with van der Waals surface area (Å²) < 4.78 is 8.16. The maximum Gasteiger partial charge on any atom is 0.246 e. The molecular weight excluding hydrogens is 374 g/mol. The molecule has 0 unspecified atom stereocenters. The highest BCUT2D eigenvalue weighted by Gasteiger charge is 2.11. The normalized spacial score (nSPS) is 11.1. The van der Waals surface area contributed by atoms with Crippen molar-refractivity contribution in [2.75, 3.05) is 13.2 Å². The highest BCUT2D eigenvalue weighted by molar-refractivity contribution is 5.92. The SMILES string of the molecule is C=C(C)C(=O)NCCc1nc2ccccc2n1CCCOc1ccc(C(C)C)cc1. The average molecular weight is 406 g/mol. The van der Waals surface area contributed by atoms with Gasteiger partial charge in [-0.05, 0) is 49.1 Å². The van der Waals surface area contributed by atoms with Gasteiger partial charge in [0.1, 0.15) is 11.6 Å². The molecule has 158 valence electrons. The number of hydrogen-bond donors (Lipinski definition) is 1. The van der Waals surface area contributed by atoms with Crippen LogP contribution in [-0.4, -0.2) is 28.6 Å². The minimum absolute atomic E-state index is 0.116. The van der Waals surface area contributed by atoms with Gasteiger partial charge in [-0.3, -0.25) is 4.79 Å². The first-order chi connectivity index (χ1) is 14.5. The fraction of sp³-hybridized carbons (Fsp3) is 0.360. The van der Waals surface area contributed by atoms with Crippen molar-refractivity contribution in [2.45, 2.75) is 46.1 Å². The summed E-state index contributed by atoms with van der Waals surface area (Å²) in [7, 11) is 0. The molecule has 5 heteroatoms. The van der Waals surface area contributed by atoms with Crippen molar-refractivity contribution >= 4 is 16.9 Å². The van der Waals surface area contributed by atoms with Gasteiger partial charge in [0.25, 0.3) is 0 Å². The highest BCUT2D eigenvalue weighted by atomic mass is 16.5. The molecule has 0 aliphatic heterocycles. The van der Waals surface area contributed by atoms with Crippen molar-refractivity contribution in [3.05, 3.63) is 72.1 Å². The summed E-state index contributed by atoms with van der Waals surface area (Å²) in [6, 6.07) is 16.5. The van der Waals surface area contributed by atoms with Crippen LogP contribution in [0.5, 0.6) is 5.75 Å². The van der Waals surface area contributed by atoms with E-state index in [-0.39, 0.29) is 5.91 Å². The Morgan fingerprint density at radius 1 is 1.17 bits per heavy atom. The number of imidazole rings is 1. The number of nitrogens with one attached hydrogen (secondary N) is 1. The number of carbonyl (C=O) groups excluding carboxylic acids is 1. The van der Waals surface area contributed by atoms with Crippen LogP contribution in [0, 0.1) is 0 Å². The zero-order chi connectivity index (χ0) is 21.5. The van der Waals surface area contributed by atoms with Crippen molar-refractivity contribution in [1.82, 2.24) is 14.9 Å². The summed E-state index contributed by atoms with van der Waals surface area (Å²) in [6.07, 6.45) is 1.54. The second-order valence-electron chi connectivity index (χ2n) is 7.88. The quantitative estimate of drug-likeness (QED) is 0.387. The third-order valence-electron chi connectivity index (χ3n) is 5.10. The molecule has 3 aromatic rings. The Morgan fingerprint density at radius 2 is 1.90 bits per heavy atom. The number of para-hydroxylation sites is 2. The van der Waals surface area contributed by atoms with E-state index in [9.17, 15) is 4.79 Å². The number of hydrogen-bond acceptors (Lipinski definition) is 3. The molecule has 0 aliphatic rings. The van der Waals surface area contributed by atoms with Crippen molar-refractivity contribution in [1.29, 1.82) is 0 Å². The second kappa shape index (κ2) is 10.1. The van der Waals surface area contributed by atoms with Gasteiger partial charge in [0.15, 0.2) is 0 Å². The second-order valence-corrected chi connectivity index (χ2v) is 7.88. The van der Waals surface area contributed by atoms with Crippen molar-refractivity contribution < 1.29 is 9.53 Å². The van der Waals surface area contributed by atoms with Crippen LogP contribution in [0.3, 0.4) is 0 Å². The zero-order valence-corrected chi connectivity index (χ0v) is 18.1. The number of aromatic nitrogens is 2. The Labute approximate surface area is 178 Å². The van der Waals surface area contributed by atoms with Crippen molar-refractivity contribution in [3.8, 4) is 5.75 Å². The molecule has 0 fully saturated rings. The molecule has 3 rings (SSSR count). The Kier molecular flexibility index (Phi) is 7.28. The predicted molar refractivity (Wildman–Crippen MR) is 122 cm³/mol.